The minimum absolute atomic E-state index is 0. The van der Waals surface area contributed by atoms with E-state index in [9.17, 15) is 0 Å². The summed E-state index contributed by atoms with van der Waals surface area (Å²) in [6.07, 6.45) is 5.42. The number of benzene rings is 1. The second-order valence-corrected chi connectivity index (χ2v) is 6.43. The molecule has 0 unspecified atom stereocenters. The van der Waals surface area contributed by atoms with Gasteiger partial charge in [-0.2, -0.15) is 0 Å². The molecule has 150 valence electrons. The van der Waals surface area contributed by atoms with Crippen molar-refractivity contribution in [3.8, 4) is 11.3 Å². The third-order valence-corrected chi connectivity index (χ3v) is 4.18. The Hall–Kier alpha value is -2.29. The molecule has 0 atom stereocenters. The molecule has 0 amide bonds. The van der Waals surface area contributed by atoms with Crippen molar-refractivity contribution in [3.05, 3.63) is 66.5 Å². The Kier molecular flexibility index (Phi) is 9.06. The van der Waals surface area contributed by atoms with Gasteiger partial charge in [0.2, 0.25) is 0 Å². The van der Waals surface area contributed by atoms with Crippen LogP contribution >= 0.6 is 24.0 Å². The molecule has 3 rings (SSSR count). The molecule has 0 spiro atoms. The Bertz CT molecular complexity index is 830. The van der Waals surface area contributed by atoms with Crippen molar-refractivity contribution in [1.29, 1.82) is 0 Å². The lowest BCUT2D eigenvalue weighted by atomic mass is 10.2. The average Bonchev–Trinajstić information content (AvgIpc) is 3.37. The number of nitrogens with zero attached hydrogens (tertiary/aromatic N) is 3. The summed E-state index contributed by atoms with van der Waals surface area (Å²) in [6, 6.07) is 14.1. The molecule has 0 fully saturated rings. The number of aliphatic imine (C=N–C) groups is 1. The number of aromatic nitrogens is 2. The summed E-state index contributed by atoms with van der Waals surface area (Å²) in [5.74, 6) is 2.76. The number of furan rings is 1. The van der Waals surface area contributed by atoms with Crippen LogP contribution in [0, 0.1) is 0 Å². The maximum atomic E-state index is 5.39. The predicted molar refractivity (Wildman–Crippen MR) is 124 cm³/mol. The fourth-order valence-electron chi connectivity index (χ4n) is 2.79. The Balaban J connectivity index is 0.00000280. The number of imidazole rings is 1. The summed E-state index contributed by atoms with van der Waals surface area (Å²) >= 11 is 0. The summed E-state index contributed by atoms with van der Waals surface area (Å²) in [7, 11) is 2.03. The number of rotatable bonds is 8. The predicted octanol–water partition coefficient (Wildman–Crippen LogP) is 4.32. The lowest BCUT2D eigenvalue weighted by Gasteiger charge is -2.21. The molecule has 0 saturated carbocycles. The van der Waals surface area contributed by atoms with Crippen LogP contribution in [0.3, 0.4) is 0 Å². The Labute approximate surface area is 183 Å². The topological polar surface area (TPSA) is 69.5 Å². The zero-order valence-electron chi connectivity index (χ0n) is 16.4. The lowest BCUT2D eigenvalue weighted by Crippen LogP contribution is -2.39. The van der Waals surface area contributed by atoms with Crippen LogP contribution in [0.4, 0.5) is 0 Å². The van der Waals surface area contributed by atoms with Crippen molar-refractivity contribution in [2.75, 3.05) is 20.1 Å². The van der Waals surface area contributed by atoms with Gasteiger partial charge in [-0.15, -0.1) is 24.0 Å². The van der Waals surface area contributed by atoms with Crippen LogP contribution in [0.25, 0.3) is 11.3 Å². The number of hydrogen-bond acceptors (Lipinski definition) is 3. The third kappa shape index (κ3) is 6.40. The number of H-pyrrole nitrogens is 1. The van der Waals surface area contributed by atoms with E-state index in [1.165, 1.54) is 0 Å². The van der Waals surface area contributed by atoms with Gasteiger partial charge in [0.05, 0.1) is 24.7 Å². The van der Waals surface area contributed by atoms with Crippen LogP contribution in [0.2, 0.25) is 0 Å². The van der Waals surface area contributed by atoms with Gasteiger partial charge in [0.1, 0.15) is 11.6 Å². The number of guanidine groups is 1. The van der Waals surface area contributed by atoms with E-state index in [2.05, 4.69) is 44.2 Å². The van der Waals surface area contributed by atoms with Crippen LogP contribution in [0.5, 0.6) is 0 Å². The molecule has 1 aromatic carbocycles. The van der Waals surface area contributed by atoms with Crippen LogP contribution in [-0.2, 0) is 13.0 Å². The smallest absolute Gasteiger partial charge is 0.194 e. The molecule has 0 aliphatic heterocycles. The van der Waals surface area contributed by atoms with E-state index < -0.39 is 0 Å². The molecule has 3 aromatic rings. The first kappa shape index (κ1) is 22.0. The summed E-state index contributed by atoms with van der Waals surface area (Å²) in [5, 5.41) is 3.43. The molecule has 6 nitrogen and oxygen atoms in total. The average molecular weight is 493 g/mol. The first-order valence-corrected chi connectivity index (χ1v) is 9.37. The van der Waals surface area contributed by atoms with Crippen molar-refractivity contribution >= 4 is 29.9 Å². The fraction of sp³-hybridized carbons (Fsp3) is 0.333. The molecule has 0 bridgehead atoms. The monoisotopic (exact) mass is 493 g/mol. The zero-order valence-corrected chi connectivity index (χ0v) is 18.7. The largest absolute Gasteiger partial charge is 0.469 e. The Morgan fingerprint density at radius 1 is 1.21 bits per heavy atom. The minimum Gasteiger partial charge on any atom is -0.469 e. The quantitative estimate of drug-likeness (QED) is 0.279. The highest BCUT2D eigenvalue weighted by Crippen LogP contribution is 2.16. The van der Waals surface area contributed by atoms with Gasteiger partial charge in [0.25, 0.3) is 0 Å². The number of nitrogens with one attached hydrogen (secondary N) is 2. The normalized spacial score (nSPS) is 11.1. The van der Waals surface area contributed by atoms with Gasteiger partial charge < -0.3 is 19.6 Å². The molecule has 2 heterocycles. The van der Waals surface area contributed by atoms with Crippen LogP contribution < -0.4 is 5.32 Å². The molecule has 7 heteroatoms. The fourth-order valence-corrected chi connectivity index (χ4v) is 2.79. The summed E-state index contributed by atoms with van der Waals surface area (Å²) in [5.41, 5.74) is 2.16. The van der Waals surface area contributed by atoms with Crippen molar-refractivity contribution in [1.82, 2.24) is 20.2 Å². The minimum atomic E-state index is 0. The second kappa shape index (κ2) is 11.5. The van der Waals surface area contributed by atoms with E-state index in [4.69, 9.17) is 4.42 Å². The SMILES string of the molecule is CCCN=C(NCCc1ccco1)N(C)Cc1ncc(-c2ccccc2)[nH]1.I. The number of aromatic amines is 1. The Morgan fingerprint density at radius 2 is 2.04 bits per heavy atom. The molecular weight excluding hydrogens is 465 g/mol. The number of halogens is 1. The van der Waals surface area contributed by atoms with Crippen molar-refractivity contribution in [3.63, 3.8) is 0 Å². The highest BCUT2D eigenvalue weighted by atomic mass is 127. The Morgan fingerprint density at radius 3 is 2.75 bits per heavy atom. The van der Waals surface area contributed by atoms with Gasteiger partial charge in [0.15, 0.2) is 5.96 Å². The third-order valence-electron chi connectivity index (χ3n) is 4.18. The van der Waals surface area contributed by atoms with Gasteiger partial charge in [-0.3, -0.25) is 4.99 Å². The highest BCUT2D eigenvalue weighted by molar-refractivity contribution is 14.0. The van der Waals surface area contributed by atoms with Crippen LogP contribution in [0.1, 0.15) is 24.9 Å². The molecule has 0 radical (unpaired) electrons. The maximum Gasteiger partial charge on any atom is 0.194 e. The van der Waals surface area contributed by atoms with Crippen molar-refractivity contribution < 1.29 is 4.42 Å². The molecule has 0 aliphatic carbocycles. The van der Waals surface area contributed by atoms with E-state index in [0.717, 1.165) is 54.7 Å². The standard InChI is InChI=1S/C21H27N5O.HI/c1-3-12-22-21(23-13-11-18-10-7-14-27-18)26(2)16-20-24-15-19(25-20)17-8-5-4-6-9-17;/h4-10,14-15H,3,11-13,16H2,1-2H3,(H,22,23)(H,24,25);1H. The van der Waals surface area contributed by atoms with Gasteiger partial charge in [-0.25, -0.2) is 4.98 Å². The van der Waals surface area contributed by atoms with E-state index in [1.54, 1.807) is 6.26 Å². The molecule has 2 aromatic heterocycles. The van der Waals surface area contributed by atoms with E-state index >= 15 is 0 Å². The van der Waals surface area contributed by atoms with Crippen LogP contribution in [0.15, 0.2) is 64.3 Å². The zero-order chi connectivity index (χ0) is 18.9. The maximum absolute atomic E-state index is 5.39. The molecule has 28 heavy (non-hydrogen) atoms. The molecular formula is C21H28IN5O. The summed E-state index contributed by atoms with van der Waals surface area (Å²) < 4.78 is 5.39. The van der Waals surface area contributed by atoms with Gasteiger partial charge in [-0.05, 0) is 24.1 Å². The second-order valence-electron chi connectivity index (χ2n) is 6.43. The summed E-state index contributed by atoms with van der Waals surface area (Å²) in [6.45, 7) is 4.35. The van der Waals surface area contributed by atoms with Crippen molar-refractivity contribution in [2.45, 2.75) is 26.3 Å². The van der Waals surface area contributed by atoms with Gasteiger partial charge in [-0.1, -0.05) is 37.3 Å². The highest BCUT2D eigenvalue weighted by Gasteiger charge is 2.10. The van der Waals surface area contributed by atoms with Crippen molar-refractivity contribution in [2.24, 2.45) is 4.99 Å². The molecule has 0 aliphatic rings. The molecule has 0 saturated heterocycles. The van der Waals surface area contributed by atoms with Crippen LogP contribution in [-0.4, -0.2) is 41.0 Å². The van der Waals surface area contributed by atoms with Gasteiger partial charge >= 0.3 is 0 Å². The first-order valence-electron chi connectivity index (χ1n) is 9.37. The number of hydrogen-bond donors (Lipinski definition) is 2. The summed E-state index contributed by atoms with van der Waals surface area (Å²) in [4.78, 5) is 14.7. The van der Waals surface area contributed by atoms with E-state index in [0.29, 0.717) is 6.54 Å². The van der Waals surface area contributed by atoms with E-state index in [1.807, 2.05) is 43.6 Å². The first-order chi connectivity index (χ1) is 13.3. The van der Waals surface area contributed by atoms with Gasteiger partial charge in [0, 0.05) is 26.6 Å². The van der Waals surface area contributed by atoms with E-state index in [-0.39, 0.29) is 24.0 Å². The lowest BCUT2D eigenvalue weighted by molar-refractivity contribution is 0.457. The molecule has 2 N–H and O–H groups in total.